The van der Waals surface area contributed by atoms with E-state index in [4.69, 9.17) is 10.5 Å². The van der Waals surface area contributed by atoms with Crippen molar-refractivity contribution in [3.05, 3.63) is 35.5 Å². The van der Waals surface area contributed by atoms with Crippen molar-refractivity contribution in [2.24, 2.45) is 5.73 Å². The Kier molecular flexibility index (Phi) is 8.92. The van der Waals surface area contributed by atoms with E-state index in [0.29, 0.717) is 5.75 Å². The van der Waals surface area contributed by atoms with E-state index in [0.717, 1.165) is 30.6 Å². The van der Waals surface area contributed by atoms with Crippen LogP contribution >= 0.6 is 0 Å². The van der Waals surface area contributed by atoms with Gasteiger partial charge in [0.2, 0.25) is 0 Å². The molecule has 120 valence electrons. The highest BCUT2D eigenvalue weighted by molar-refractivity contribution is 7.91. The predicted molar refractivity (Wildman–Crippen MR) is 87.5 cm³/mol. The number of halogens is 1. The Labute approximate surface area is 130 Å². The van der Waals surface area contributed by atoms with Gasteiger partial charge in [-0.3, -0.25) is 0 Å². The first kappa shape index (κ1) is 18.4. The Balaban J connectivity index is 2.65. The third-order valence-electron chi connectivity index (χ3n) is 3.49. The molecule has 1 heterocycles. The monoisotopic (exact) mass is 315 g/mol. The zero-order valence-electron chi connectivity index (χ0n) is 12.9. The molecule has 3 atom stereocenters. The lowest BCUT2D eigenvalue weighted by molar-refractivity contribution is 0.102. The normalized spacial score (nSPS) is 23.2. The molecule has 0 aromatic rings. The van der Waals surface area contributed by atoms with Crippen LogP contribution in [0.3, 0.4) is 0 Å². The van der Waals surface area contributed by atoms with E-state index in [1.807, 2.05) is 19.1 Å². The molecule has 0 aliphatic carbocycles. The third-order valence-corrected chi connectivity index (χ3v) is 4.69. The van der Waals surface area contributed by atoms with Crippen molar-refractivity contribution in [3.8, 4) is 0 Å². The van der Waals surface area contributed by atoms with Gasteiger partial charge in [0, 0.05) is 13.5 Å². The standard InChI is InChI=1S/C16H26FNO2S/c1-3-5-14(16(20-2)15(18)12-17)7-4-6-13-8-10-21(19)11-9-13/h4-5,7-8,15-16H,3,6,9-12,18H2,1-2H3/b7-4-,14-5+. The minimum atomic E-state index is -0.685. The highest BCUT2D eigenvalue weighted by Crippen LogP contribution is 2.18. The van der Waals surface area contributed by atoms with Gasteiger partial charge >= 0.3 is 0 Å². The molecule has 0 radical (unpaired) electrons. The lowest BCUT2D eigenvalue weighted by Gasteiger charge is -2.21. The first-order valence-corrected chi connectivity index (χ1v) is 8.85. The Morgan fingerprint density at radius 1 is 1.62 bits per heavy atom. The fourth-order valence-corrected chi connectivity index (χ4v) is 3.40. The van der Waals surface area contributed by atoms with E-state index >= 15 is 0 Å². The van der Waals surface area contributed by atoms with Crippen LogP contribution in [-0.4, -0.2) is 42.0 Å². The second kappa shape index (κ2) is 10.2. The molecule has 3 unspecified atom stereocenters. The Bertz CT molecular complexity index is 396. The van der Waals surface area contributed by atoms with E-state index in [-0.39, 0.29) is 0 Å². The molecule has 0 spiro atoms. The highest BCUT2D eigenvalue weighted by Gasteiger charge is 2.20. The van der Waals surface area contributed by atoms with Crippen molar-refractivity contribution in [1.82, 2.24) is 0 Å². The van der Waals surface area contributed by atoms with Crippen LogP contribution in [0.5, 0.6) is 0 Å². The number of hydrogen-bond acceptors (Lipinski definition) is 3. The lowest BCUT2D eigenvalue weighted by Crippen LogP contribution is -2.39. The van der Waals surface area contributed by atoms with Gasteiger partial charge in [-0.2, -0.15) is 0 Å². The van der Waals surface area contributed by atoms with Crippen LogP contribution in [0, 0.1) is 0 Å². The van der Waals surface area contributed by atoms with E-state index in [1.165, 1.54) is 5.57 Å². The molecule has 0 bridgehead atoms. The SMILES string of the molecule is CC/C=C(\C=C/CC1=CC[S+]([O-])CC1)C(OC)C(N)CF. The van der Waals surface area contributed by atoms with E-state index < -0.39 is 30.0 Å². The average Bonchev–Trinajstić information content (AvgIpc) is 2.49. The second-order valence-electron chi connectivity index (χ2n) is 5.12. The molecule has 1 aliphatic rings. The zero-order chi connectivity index (χ0) is 15.7. The summed E-state index contributed by atoms with van der Waals surface area (Å²) in [6, 6.07) is -0.645. The van der Waals surface area contributed by atoms with Crippen LogP contribution in [-0.2, 0) is 15.9 Å². The van der Waals surface area contributed by atoms with Crippen LogP contribution in [0.1, 0.15) is 26.2 Å². The molecule has 0 aromatic heterocycles. The van der Waals surface area contributed by atoms with Gasteiger partial charge in [0.1, 0.15) is 18.2 Å². The maximum absolute atomic E-state index is 12.8. The van der Waals surface area contributed by atoms with Crippen molar-refractivity contribution in [2.75, 3.05) is 25.3 Å². The summed E-state index contributed by atoms with van der Waals surface area (Å²) < 4.78 is 29.4. The molecule has 5 heteroatoms. The van der Waals surface area contributed by atoms with Gasteiger partial charge in [-0.1, -0.05) is 30.7 Å². The Morgan fingerprint density at radius 3 is 2.90 bits per heavy atom. The number of alkyl halides is 1. The molecule has 1 aliphatic heterocycles. The summed E-state index contributed by atoms with van der Waals surface area (Å²) in [5, 5.41) is 0. The summed E-state index contributed by atoms with van der Waals surface area (Å²) >= 11 is -0.685. The molecule has 0 fully saturated rings. The van der Waals surface area contributed by atoms with Crippen molar-refractivity contribution in [2.45, 2.75) is 38.3 Å². The quantitative estimate of drug-likeness (QED) is 0.425. The maximum atomic E-state index is 12.8. The van der Waals surface area contributed by atoms with Crippen molar-refractivity contribution < 1.29 is 13.7 Å². The molecule has 0 saturated heterocycles. The number of allylic oxidation sites excluding steroid dienone is 3. The van der Waals surface area contributed by atoms with E-state index in [9.17, 15) is 8.94 Å². The lowest BCUT2D eigenvalue weighted by atomic mass is 10.0. The summed E-state index contributed by atoms with van der Waals surface area (Å²) in [4.78, 5) is 0. The van der Waals surface area contributed by atoms with Gasteiger partial charge in [-0.05, 0) is 35.7 Å². The van der Waals surface area contributed by atoms with Crippen LogP contribution in [0.4, 0.5) is 4.39 Å². The predicted octanol–water partition coefficient (Wildman–Crippen LogP) is 2.66. The minimum Gasteiger partial charge on any atom is -0.616 e. The fourth-order valence-electron chi connectivity index (χ4n) is 2.33. The molecule has 3 nitrogen and oxygen atoms in total. The van der Waals surface area contributed by atoms with E-state index in [2.05, 4.69) is 12.2 Å². The average molecular weight is 315 g/mol. The zero-order valence-corrected chi connectivity index (χ0v) is 13.7. The number of ether oxygens (including phenoxy) is 1. The van der Waals surface area contributed by atoms with Crippen LogP contribution in [0.2, 0.25) is 0 Å². The largest absolute Gasteiger partial charge is 0.616 e. The summed E-state index contributed by atoms with van der Waals surface area (Å²) in [6.45, 7) is 1.42. The Morgan fingerprint density at radius 2 is 2.38 bits per heavy atom. The molecule has 1 rings (SSSR count). The van der Waals surface area contributed by atoms with Crippen molar-refractivity contribution >= 4 is 11.2 Å². The van der Waals surface area contributed by atoms with Gasteiger partial charge in [-0.15, -0.1) is 0 Å². The van der Waals surface area contributed by atoms with Gasteiger partial charge in [-0.25, -0.2) is 4.39 Å². The summed E-state index contributed by atoms with van der Waals surface area (Å²) in [5.74, 6) is 1.42. The summed E-state index contributed by atoms with van der Waals surface area (Å²) in [5.41, 5.74) is 8.00. The Hall–Kier alpha value is -0.620. The molecule has 0 amide bonds. The number of hydrogen-bond donors (Lipinski definition) is 1. The van der Waals surface area contributed by atoms with E-state index in [1.54, 1.807) is 7.11 Å². The molecule has 0 saturated carbocycles. The first-order chi connectivity index (χ1) is 10.1. The van der Waals surface area contributed by atoms with Gasteiger partial charge in [0.05, 0.1) is 12.1 Å². The molecule has 2 N–H and O–H groups in total. The van der Waals surface area contributed by atoms with Crippen molar-refractivity contribution in [1.29, 1.82) is 0 Å². The molecule has 21 heavy (non-hydrogen) atoms. The van der Waals surface area contributed by atoms with Gasteiger partial charge in [0.15, 0.2) is 0 Å². The molecular formula is C16H26FNO2S. The third kappa shape index (κ3) is 6.34. The number of nitrogens with two attached hydrogens (primary N) is 1. The van der Waals surface area contributed by atoms with Crippen molar-refractivity contribution in [3.63, 3.8) is 0 Å². The van der Waals surface area contributed by atoms with Gasteiger partial charge < -0.3 is 15.0 Å². The summed E-state index contributed by atoms with van der Waals surface area (Å²) in [7, 11) is 1.55. The topological polar surface area (TPSA) is 58.3 Å². The minimum absolute atomic E-state index is 0.418. The number of rotatable bonds is 8. The fraction of sp³-hybridized carbons (Fsp3) is 0.625. The highest BCUT2D eigenvalue weighted by atomic mass is 32.2. The maximum Gasteiger partial charge on any atom is 0.124 e. The number of methoxy groups -OCH3 is 1. The van der Waals surface area contributed by atoms with Crippen LogP contribution in [0.15, 0.2) is 35.5 Å². The summed E-state index contributed by atoms with van der Waals surface area (Å²) in [6.07, 6.45) is 10.3. The van der Waals surface area contributed by atoms with Gasteiger partial charge in [0.25, 0.3) is 0 Å². The van der Waals surface area contributed by atoms with Crippen LogP contribution in [0.25, 0.3) is 0 Å². The van der Waals surface area contributed by atoms with Crippen LogP contribution < -0.4 is 5.73 Å². The first-order valence-electron chi connectivity index (χ1n) is 7.36. The smallest absolute Gasteiger partial charge is 0.124 e. The second-order valence-corrected chi connectivity index (χ2v) is 6.74. The molecular weight excluding hydrogens is 289 g/mol. The molecule has 0 aromatic carbocycles.